The number of amides is 2. The number of anilines is 2. The van der Waals surface area contributed by atoms with Crippen LogP contribution in [0.3, 0.4) is 0 Å². The molecule has 2 saturated heterocycles. The lowest BCUT2D eigenvalue weighted by Crippen LogP contribution is -2.48. The van der Waals surface area contributed by atoms with Crippen molar-refractivity contribution in [3.05, 3.63) is 89.5 Å². The summed E-state index contributed by atoms with van der Waals surface area (Å²) < 4.78 is 11.6. The average molecular weight is 541 g/mol. The number of hydrogen-bond acceptors (Lipinski definition) is 6. The van der Waals surface area contributed by atoms with Gasteiger partial charge in [-0.15, -0.1) is 0 Å². The Morgan fingerprint density at radius 1 is 0.975 bits per heavy atom. The molecule has 0 spiro atoms. The number of nitrogens with zero attached hydrogens (tertiary/aromatic N) is 3. The Labute approximate surface area is 235 Å². The molecule has 0 aromatic heterocycles. The summed E-state index contributed by atoms with van der Waals surface area (Å²) in [6.45, 7) is 6.73. The monoisotopic (exact) mass is 540 g/mol. The second-order valence-electron chi connectivity index (χ2n) is 10.5. The van der Waals surface area contributed by atoms with Crippen molar-refractivity contribution in [1.29, 1.82) is 0 Å². The van der Waals surface area contributed by atoms with Crippen LogP contribution < -0.4 is 15.0 Å². The number of benzene rings is 3. The topological polar surface area (TPSA) is 74.4 Å². The normalized spacial score (nSPS) is 20.5. The van der Waals surface area contributed by atoms with E-state index in [-0.39, 0.29) is 24.1 Å². The van der Waals surface area contributed by atoms with Crippen LogP contribution >= 0.6 is 0 Å². The van der Waals surface area contributed by atoms with Crippen molar-refractivity contribution >= 4 is 23.2 Å². The third-order valence-corrected chi connectivity index (χ3v) is 7.99. The van der Waals surface area contributed by atoms with E-state index in [2.05, 4.69) is 16.3 Å². The fraction of sp³-hybridized carbons (Fsp3) is 0.375. The third-order valence-electron chi connectivity index (χ3n) is 7.99. The molecule has 0 saturated carbocycles. The highest BCUT2D eigenvalue weighted by atomic mass is 16.5. The highest BCUT2D eigenvalue weighted by Gasteiger charge is 2.38. The molecular weight excluding hydrogens is 504 g/mol. The van der Waals surface area contributed by atoms with E-state index in [4.69, 9.17) is 9.47 Å². The molecular formula is C32H36N4O4. The van der Waals surface area contributed by atoms with E-state index in [1.54, 1.807) is 0 Å². The van der Waals surface area contributed by atoms with Gasteiger partial charge in [0, 0.05) is 61.7 Å². The van der Waals surface area contributed by atoms with Gasteiger partial charge in [-0.2, -0.15) is 0 Å². The number of ether oxygens (including phenoxy) is 2. The maximum Gasteiger partial charge on any atom is 0.256 e. The SMILES string of the molecule is CCOc1ccccc1N1CCN(C(=O)c2ccc(N[C@@H]3c4ccccc4C(=O)N3C[C@@H]3CCCO3)cc2)CC1. The Bertz CT molecular complexity index is 1350. The van der Waals surface area contributed by atoms with Crippen molar-refractivity contribution in [2.24, 2.45) is 0 Å². The van der Waals surface area contributed by atoms with Gasteiger partial charge in [0.2, 0.25) is 0 Å². The standard InChI is InChI=1S/C32H36N4O4/c1-2-39-29-12-6-5-11-28(29)34-17-19-35(20-18-34)31(37)23-13-15-24(16-14-23)33-30-26-9-3-4-10-27(26)32(38)36(30)22-25-8-7-21-40-25/h3-6,9-16,25,30,33H,2,7-8,17-22H2,1H3/t25-,30-/m0/s1. The summed E-state index contributed by atoms with van der Waals surface area (Å²) >= 11 is 0. The number of para-hydroxylation sites is 2. The number of hydrogen-bond donors (Lipinski definition) is 1. The van der Waals surface area contributed by atoms with Gasteiger partial charge >= 0.3 is 0 Å². The van der Waals surface area contributed by atoms with Crippen LogP contribution in [0.2, 0.25) is 0 Å². The van der Waals surface area contributed by atoms with Gasteiger partial charge in [-0.1, -0.05) is 30.3 Å². The van der Waals surface area contributed by atoms with Gasteiger partial charge in [-0.25, -0.2) is 0 Å². The van der Waals surface area contributed by atoms with Crippen molar-refractivity contribution in [3.63, 3.8) is 0 Å². The van der Waals surface area contributed by atoms with Crippen molar-refractivity contribution in [1.82, 2.24) is 9.80 Å². The minimum Gasteiger partial charge on any atom is -0.492 e. The van der Waals surface area contributed by atoms with Crippen molar-refractivity contribution in [2.75, 3.05) is 56.2 Å². The van der Waals surface area contributed by atoms with Gasteiger partial charge in [-0.3, -0.25) is 9.59 Å². The zero-order valence-electron chi connectivity index (χ0n) is 22.9. The fourth-order valence-electron chi connectivity index (χ4n) is 5.92. The summed E-state index contributed by atoms with van der Waals surface area (Å²) in [5.74, 6) is 0.942. The number of carbonyl (C=O) groups excluding carboxylic acids is 2. The summed E-state index contributed by atoms with van der Waals surface area (Å²) in [7, 11) is 0. The number of carbonyl (C=O) groups is 2. The maximum absolute atomic E-state index is 13.3. The van der Waals surface area contributed by atoms with Gasteiger partial charge in [0.25, 0.3) is 11.8 Å². The highest BCUT2D eigenvalue weighted by Crippen LogP contribution is 2.35. The Morgan fingerprint density at radius 2 is 1.73 bits per heavy atom. The zero-order chi connectivity index (χ0) is 27.5. The molecule has 208 valence electrons. The summed E-state index contributed by atoms with van der Waals surface area (Å²) in [5.41, 5.74) is 4.29. The Kier molecular flexibility index (Phi) is 7.60. The molecule has 6 rings (SSSR count). The van der Waals surface area contributed by atoms with Crippen LogP contribution in [0.25, 0.3) is 0 Å². The Balaban J connectivity index is 1.11. The lowest BCUT2D eigenvalue weighted by molar-refractivity contribution is 0.0489. The molecule has 0 unspecified atom stereocenters. The molecule has 40 heavy (non-hydrogen) atoms. The van der Waals surface area contributed by atoms with Crippen molar-refractivity contribution in [2.45, 2.75) is 32.0 Å². The molecule has 2 fully saturated rings. The predicted molar refractivity (Wildman–Crippen MR) is 155 cm³/mol. The van der Waals surface area contributed by atoms with Crippen LogP contribution in [0.1, 0.15) is 52.2 Å². The van der Waals surface area contributed by atoms with Gasteiger partial charge in [0.1, 0.15) is 11.9 Å². The average Bonchev–Trinajstić information content (AvgIpc) is 3.61. The third kappa shape index (κ3) is 5.23. The number of piperazine rings is 1. The van der Waals surface area contributed by atoms with Crippen LogP contribution in [0.5, 0.6) is 5.75 Å². The van der Waals surface area contributed by atoms with Crippen LogP contribution in [0.15, 0.2) is 72.8 Å². The lowest BCUT2D eigenvalue weighted by atomic mass is 10.1. The van der Waals surface area contributed by atoms with Gasteiger partial charge in [-0.05, 0) is 62.2 Å². The van der Waals surface area contributed by atoms with Crippen LogP contribution in [0, 0.1) is 0 Å². The number of fused-ring (bicyclic) bond motifs is 1. The molecule has 3 aromatic rings. The first-order chi connectivity index (χ1) is 19.6. The molecule has 0 bridgehead atoms. The molecule has 8 heteroatoms. The molecule has 2 amide bonds. The Hall–Kier alpha value is -4.04. The predicted octanol–water partition coefficient (Wildman–Crippen LogP) is 4.79. The van der Waals surface area contributed by atoms with Crippen molar-refractivity contribution in [3.8, 4) is 5.75 Å². The van der Waals surface area contributed by atoms with Gasteiger partial charge in [0.15, 0.2) is 0 Å². The highest BCUT2D eigenvalue weighted by molar-refractivity contribution is 5.99. The lowest BCUT2D eigenvalue weighted by Gasteiger charge is -2.36. The largest absolute Gasteiger partial charge is 0.492 e. The molecule has 8 nitrogen and oxygen atoms in total. The molecule has 3 aliphatic heterocycles. The summed E-state index contributed by atoms with van der Waals surface area (Å²) in [6, 6.07) is 23.4. The zero-order valence-corrected chi connectivity index (χ0v) is 22.9. The fourth-order valence-corrected chi connectivity index (χ4v) is 5.92. The van der Waals surface area contributed by atoms with Crippen LogP contribution in [0.4, 0.5) is 11.4 Å². The van der Waals surface area contributed by atoms with E-state index in [1.807, 2.05) is 83.5 Å². The Morgan fingerprint density at radius 3 is 2.48 bits per heavy atom. The van der Waals surface area contributed by atoms with Gasteiger partial charge in [0.05, 0.1) is 18.4 Å². The molecule has 1 N–H and O–H groups in total. The number of nitrogens with one attached hydrogen (secondary N) is 1. The molecule has 3 aliphatic rings. The second kappa shape index (κ2) is 11.6. The van der Waals surface area contributed by atoms with E-state index >= 15 is 0 Å². The van der Waals surface area contributed by atoms with E-state index in [9.17, 15) is 9.59 Å². The minimum atomic E-state index is -0.276. The minimum absolute atomic E-state index is 0.0263. The second-order valence-corrected chi connectivity index (χ2v) is 10.5. The smallest absolute Gasteiger partial charge is 0.256 e. The molecule has 0 radical (unpaired) electrons. The van der Waals surface area contributed by atoms with E-state index in [0.717, 1.165) is 60.8 Å². The van der Waals surface area contributed by atoms with E-state index in [1.165, 1.54) is 0 Å². The summed E-state index contributed by atoms with van der Waals surface area (Å²) in [4.78, 5) is 32.6. The van der Waals surface area contributed by atoms with Crippen LogP contribution in [-0.4, -0.2) is 73.7 Å². The quantitative estimate of drug-likeness (QED) is 0.443. The van der Waals surface area contributed by atoms with Crippen LogP contribution in [-0.2, 0) is 4.74 Å². The molecule has 3 aromatic carbocycles. The first-order valence-corrected chi connectivity index (χ1v) is 14.3. The maximum atomic E-state index is 13.3. The summed E-state index contributed by atoms with van der Waals surface area (Å²) in [6.07, 6.45) is 1.79. The van der Waals surface area contributed by atoms with Crippen molar-refractivity contribution < 1.29 is 19.1 Å². The first-order valence-electron chi connectivity index (χ1n) is 14.3. The summed E-state index contributed by atoms with van der Waals surface area (Å²) in [5, 5.41) is 3.54. The molecule has 0 aliphatic carbocycles. The molecule has 3 heterocycles. The number of rotatable bonds is 8. The molecule has 2 atom stereocenters. The van der Waals surface area contributed by atoms with E-state index in [0.29, 0.717) is 31.8 Å². The van der Waals surface area contributed by atoms with E-state index < -0.39 is 0 Å². The van der Waals surface area contributed by atoms with Gasteiger partial charge < -0.3 is 29.5 Å². The first kappa shape index (κ1) is 26.2.